The molecule has 0 unspecified atom stereocenters. The van der Waals surface area contributed by atoms with Gasteiger partial charge < -0.3 is 10.2 Å². The van der Waals surface area contributed by atoms with Crippen LogP contribution >= 0.6 is 0 Å². The van der Waals surface area contributed by atoms with Gasteiger partial charge in [-0.3, -0.25) is 0 Å². The lowest BCUT2D eigenvalue weighted by Gasteiger charge is -2.09. The van der Waals surface area contributed by atoms with Gasteiger partial charge in [-0.2, -0.15) is 0 Å². The standard InChI is InChI=1S/C11H14O.CH4O/c1-5-10-6-7(2)8(3)11(12)9(10)4;1-2/h5-6,12H,1H2,2-4H3;2H,1H3. The van der Waals surface area contributed by atoms with Crippen LogP contribution in [-0.4, -0.2) is 17.3 Å². The Balaban J connectivity index is 0.000000791. The van der Waals surface area contributed by atoms with E-state index in [4.69, 9.17) is 5.11 Å². The molecule has 14 heavy (non-hydrogen) atoms. The fourth-order valence-corrected chi connectivity index (χ4v) is 1.27. The minimum Gasteiger partial charge on any atom is -0.507 e. The Bertz CT molecular complexity index is 328. The molecule has 1 rings (SSSR count). The third-order valence-electron chi connectivity index (χ3n) is 2.33. The van der Waals surface area contributed by atoms with E-state index >= 15 is 0 Å². The summed E-state index contributed by atoms with van der Waals surface area (Å²) in [5.41, 5.74) is 3.98. The minimum absolute atomic E-state index is 0.393. The van der Waals surface area contributed by atoms with Gasteiger partial charge in [-0.1, -0.05) is 18.7 Å². The highest BCUT2D eigenvalue weighted by Crippen LogP contribution is 2.28. The summed E-state index contributed by atoms with van der Waals surface area (Å²) in [6.45, 7) is 9.50. The van der Waals surface area contributed by atoms with Crippen molar-refractivity contribution in [1.82, 2.24) is 0 Å². The van der Waals surface area contributed by atoms with Crippen molar-refractivity contribution >= 4 is 6.08 Å². The van der Waals surface area contributed by atoms with Gasteiger partial charge in [0.25, 0.3) is 0 Å². The summed E-state index contributed by atoms with van der Waals surface area (Å²) in [5.74, 6) is 0.393. The van der Waals surface area contributed by atoms with Crippen molar-refractivity contribution < 1.29 is 10.2 Å². The van der Waals surface area contributed by atoms with E-state index in [0.717, 1.165) is 29.4 Å². The van der Waals surface area contributed by atoms with Crippen molar-refractivity contribution in [3.05, 3.63) is 34.9 Å². The number of phenols is 1. The zero-order valence-corrected chi connectivity index (χ0v) is 9.26. The molecular formula is C12H18O2. The highest BCUT2D eigenvalue weighted by molar-refractivity contribution is 5.60. The Hall–Kier alpha value is -1.28. The third-order valence-corrected chi connectivity index (χ3v) is 2.33. The highest BCUT2D eigenvalue weighted by Gasteiger charge is 2.06. The van der Waals surface area contributed by atoms with E-state index in [1.54, 1.807) is 6.08 Å². The number of benzene rings is 1. The summed E-state index contributed by atoms with van der Waals surface area (Å²) in [4.78, 5) is 0. The minimum atomic E-state index is 0.393. The molecule has 2 nitrogen and oxygen atoms in total. The molecule has 1 aromatic carbocycles. The smallest absolute Gasteiger partial charge is 0.122 e. The Labute approximate surface area is 85.5 Å². The summed E-state index contributed by atoms with van der Waals surface area (Å²) >= 11 is 0. The topological polar surface area (TPSA) is 40.5 Å². The molecule has 0 radical (unpaired) electrons. The quantitative estimate of drug-likeness (QED) is 0.721. The van der Waals surface area contributed by atoms with Crippen LogP contribution in [0.1, 0.15) is 22.3 Å². The number of aliphatic hydroxyl groups is 1. The summed E-state index contributed by atoms with van der Waals surface area (Å²) in [5, 5.41) is 16.7. The van der Waals surface area contributed by atoms with Crippen LogP contribution in [0.3, 0.4) is 0 Å². The SMILES string of the molecule is C=Cc1cc(C)c(C)c(O)c1C.CO. The van der Waals surface area contributed by atoms with Gasteiger partial charge >= 0.3 is 0 Å². The van der Waals surface area contributed by atoms with Crippen LogP contribution in [0.15, 0.2) is 12.6 Å². The maximum atomic E-state index is 9.65. The van der Waals surface area contributed by atoms with Crippen LogP contribution in [0.4, 0.5) is 0 Å². The fourth-order valence-electron chi connectivity index (χ4n) is 1.27. The maximum Gasteiger partial charge on any atom is 0.122 e. The lowest BCUT2D eigenvalue weighted by Crippen LogP contribution is -1.89. The second-order valence-corrected chi connectivity index (χ2v) is 3.09. The average molecular weight is 194 g/mol. The van der Waals surface area contributed by atoms with Gasteiger partial charge in [0.2, 0.25) is 0 Å². The predicted octanol–water partition coefficient (Wildman–Crippen LogP) is 2.57. The van der Waals surface area contributed by atoms with Crippen molar-refractivity contribution in [3.8, 4) is 5.75 Å². The zero-order valence-electron chi connectivity index (χ0n) is 9.26. The van der Waals surface area contributed by atoms with Gasteiger partial charge in [0.1, 0.15) is 5.75 Å². The van der Waals surface area contributed by atoms with E-state index in [9.17, 15) is 5.11 Å². The Kier molecular flexibility index (Phi) is 4.95. The molecule has 0 fully saturated rings. The molecule has 0 aliphatic heterocycles. The molecule has 0 atom stereocenters. The van der Waals surface area contributed by atoms with E-state index < -0.39 is 0 Å². The fraction of sp³-hybridized carbons (Fsp3) is 0.333. The summed E-state index contributed by atoms with van der Waals surface area (Å²) in [6, 6.07) is 2.04. The molecule has 0 aromatic heterocycles. The van der Waals surface area contributed by atoms with Crippen LogP contribution in [0.5, 0.6) is 5.75 Å². The average Bonchev–Trinajstić information content (AvgIpc) is 2.23. The first-order valence-electron chi connectivity index (χ1n) is 4.45. The van der Waals surface area contributed by atoms with Crippen LogP contribution in [0, 0.1) is 20.8 Å². The Morgan fingerprint density at radius 3 is 2.07 bits per heavy atom. The third kappa shape index (κ3) is 2.36. The molecule has 0 aliphatic rings. The predicted molar refractivity (Wildman–Crippen MR) is 60.6 cm³/mol. The summed E-state index contributed by atoms with van der Waals surface area (Å²) in [7, 11) is 1.00. The number of hydrogen-bond acceptors (Lipinski definition) is 2. The molecule has 0 spiro atoms. The molecule has 0 amide bonds. The van der Waals surface area contributed by atoms with Crippen molar-refractivity contribution in [1.29, 1.82) is 0 Å². The lowest BCUT2D eigenvalue weighted by molar-refractivity contribution is 0.399. The van der Waals surface area contributed by atoms with Gasteiger partial charge in [-0.05, 0) is 43.0 Å². The Morgan fingerprint density at radius 2 is 1.64 bits per heavy atom. The van der Waals surface area contributed by atoms with E-state index in [1.807, 2.05) is 26.8 Å². The molecular weight excluding hydrogens is 176 g/mol. The summed E-state index contributed by atoms with van der Waals surface area (Å²) < 4.78 is 0. The van der Waals surface area contributed by atoms with Crippen LogP contribution in [-0.2, 0) is 0 Å². The van der Waals surface area contributed by atoms with Crippen molar-refractivity contribution in [2.24, 2.45) is 0 Å². The largest absolute Gasteiger partial charge is 0.507 e. The van der Waals surface area contributed by atoms with E-state index in [-0.39, 0.29) is 0 Å². The second kappa shape index (κ2) is 5.45. The van der Waals surface area contributed by atoms with Crippen molar-refractivity contribution in [2.45, 2.75) is 20.8 Å². The van der Waals surface area contributed by atoms with Crippen LogP contribution < -0.4 is 0 Å². The first-order chi connectivity index (χ1) is 6.57. The molecule has 0 heterocycles. The van der Waals surface area contributed by atoms with Crippen molar-refractivity contribution in [2.75, 3.05) is 7.11 Å². The molecule has 78 valence electrons. The number of phenolic OH excluding ortho intramolecular Hbond substituents is 1. The summed E-state index contributed by atoms with van der Waals surface area (Å²) in [6.07, 6.45) is 1.77. The molecule has 1 aromatic rings. The van der Waals surface area contributed by atoms with Crippen LogP contribution in [0.25, 0.3) is 6.08 Å². The van der Waals surface area contributed by atoms with Gasteiger partial charge in [-0.15, -0.1) is 0 Å². The molecule has 0 saturated heterocycles. The van der Waals surface area contributed by atoms with Crippen molar-refractivity contribution in [3.63, 3.8) is 0 Å². The first-order valence-corrected chi connectivity index (χ1v) is 4.45. The molecule has 0 saturated carbocycles. The molecule has 0 aliphatic carbocycles. The van der Waals surface area contributed by atoms with E-state index in [0.29, 0.717) is 5.75 Å². The maximum absolute atomic E-state index is 9.65. The van der Waals surface area contributed by atoms with E-state index in [2.05, 4.69) is 6.58 Å². The number of rotatable bonds is 1. The van der Waals surface area contributed by atoms with E-state index in [1.165, 1.54) is 0 Å². The first kappa shape index (κ1) is 12.7. The van der Waals surface area contributed by atoms with Gasteiger partial charge in [0.15, 0.2) is 0 Å². The molecule has 2 N–H and O–H groups in total. The van der Waals surface area contributed by atoms with Gasteiger partial charge in [0, 0.05) is 7.11 Å². The normalized spacial score (nSPS) is 8.93. The van der Waals surface area contributed by atoms with Gasteiger partial charge in [0.05, 0.1) is 0 Å². The number of aliphatic hydroxyl groups excluding tert-OH is 1. The molecule has 2 heteroatoms. The van der Waals surface area contributed by atoms with Gasteiger partial charge in [-0.25, -0.2) is 0 Å². The Morgan fingerprint density at radius 1 is 1.14 bits per heavy atom. The van der Waals surface area contributed by atoms with Crippen LogP contribution in [0.2, 0.25) is 0 Å². The lowest BCUT2D eigenvalue weighted by atomic mass is 9.99. The highest BCUT2D eigenvalue weighted by atomic mass is 16.3. The number of aromatic hydroxyl groups is 1. The zero-order chi connectivity index (χ0) is 11.3. The number of hydrogen-bond donors (Lipinski definition) is 2. The number of aryl methyl sites for hydroxylation is 1. The monoisotopic (exact) mass is 194 g/mol. The second-order valence-electron chi connectivity index (χ2n) is 3.09. The molecule has 0 bridgehead atoms.